The summed E-state index contributed by atoms with van der Waals surface area (Å²) in [6.07, 6.45) is 0. The maximum absolute atomic E-state index is 11.3. The van der Waals surface area contributed by atoms with Gasteiger partial charge in [-0.3, -0.25) is 0 Å². The highest BCUT2D eigenvalue weighted by Crippen LogP contribution is 2.26. The molecule has 0 spiro atoms. The van der Waals surface area contributed by atoms with Crippen LogP contribution in [0.25, 0.3) is 11.0 Å². The topological polar surface area (TPSA) is 62.5 Å². The summed E-state index contributed by atoms with van der Waals surface area (Å²) in [7, 11) is 0. The SMILES string of the molecule is O=C(O)c1oc2ccccc2c1CNCc1cc(Br)cs1. The monoisotopic (exact) mass is 365 g/mol. The fourth-order valence-corrected chi connectivity index (χ4v) is 3.62. The third kappa shape index (κ3) is 3.02. The fourth-order valence-electron chi connectivity index (χ4n) is 2.20. The maximum atomic E-state index is 11.3. The van der Waals surface area contributed by atoms with E-state index in [1.165, 1.54) is 4.88 Å². The largest absolute Gasteiger partial charge is 0.475 e. The summed E-state index contributed by atoms with van der Waals surface area (Å²) >= 11 is 5.07. The lowest BCUT2D eigenvalue weighted by Crippen LogP contribution is -2.13. The van der Waals surface area contributed by atoms with E-state index in [2.05, 4.69) is 21.2 Å². The second-order valence-electron chi connectivity index (χ2n) is 4.55. The molecular weight excluding hydrogens is 354 g/mol. The van der Waals surface area contributed by atoms with Crippen LogP contribution in [0.2, 0.25) is 0 Å². The van der Waals surface area contributed by atoms with Crippen molar-refractivity contribution in [1.82, 2.24) is 5.32 Å². The molecule has 0 unspecified atom stereocenters. The van der Waals surface area contributed by atoms with Gasteiger partial charge in [-0.15, -0.1) is 11.3 Å². The molecule has 0 aliphatic rings. The molecule has 0 aliphatic heterocycles. The van der Waals surface area contributed by atoms with E-state index < -0.39 is 5.97 Å². The molecular formula is C15H12BrNO3S. The molecule has 0 saturated heterocycles. The molecule has 2 aromatic heterocycles. The van der Waals surface area contributed by atoms with Crippen molar-refractivity contribution in [2.75, 3.05) is 0 Å². The Morgan fingerprint density at radius 2 is 2.14 bits per heavy atom. The van der Waals surface area contributed by atoms with Crippen molar-refractivity contribution >= 4 is 44.2 Å². The minimum absolute atomic E-state index is 0.0102. The zero-order valence-corrected chi connectivity index (χ0v) is 13.3. The molecule has 0 atom stereocenters. The molecule has 2 heterocycles. The van der Waals surface area contributed by atoms with E-state index in [-0.39, 0.29) is 5.76 Å². The number of carboxylic acid groups (broad SMARTS) is 1. The Labute approximate surface area is 133 Å². The third-order valence-electron chi connectivity index (χ3n) is 3.12. The number of para-hydroxylation sites is 1. The average molecular weight is 366 g/mol. The van der Waals surface area contributed by atoms with Crippen molar-refractivity contribution < 1.29 is 14.3 Å². The number of halogens is 1. The number of hydrogen-bond donors (Lipinski definition) is 2. The van der Waals surface area contributed by atoms with Gasteiger partial charge in [-0.1, -0.05) is 18.2 Å². The third-order valence-corrected chi connectivity index (χ3v) is 4.81. The standard InChI is InChI=1S/C15H12BrNO3S/c16-9-5-10(21-8-9)6-17-7-12-11-3-1-2-4-13(11)20-14(12)15(18)19/h1-5,8,17H,6-7H2,(H,18,19). The maximum Gasteiger partial charge on any atom is 0.372 e. The van der Waals surface area contributed by atoms with Crippen molar-refractivity contribution in [2.45, 2.75) is 13.1 Å². The molecule has 3 aromatic rings. The van der Waals surface area contributed by atoms with Crippen LogP contribution < -0.4 is 5.32 Å². The first-order valence-electron chi connectivity index (χ1n) is 6.32. The van der Waals surface area contributed by atoms with Crippen LogP contribution in [0.15, 0.2) is 44.6 Å². The molecule has 2 N–H and O–H groups in total. The Morgan fingerprint density at radius 3 is 2.86 bits per heavy atom. The lowest BCUT2D eigenvalue weighted by atomic mass is 10.1. The number of fused-ring (bicyclic) bond motifs is 1. The highest BCUT2D eigenvalue weighted by Gasteiger charge is 2.19. The Morgan fingerprint density at radius 1 is 1.33 bits per heavy atom. The molecule has 0 aliphatic carbocycles. The van der Waals surface area contributed by atoms with Gasteiger partial charge in [0.2, 0.25) is 5.76 Å². The summed E-state index contributed by atoms with van der Waals surface area (Å²) in [5, 5.41) is 15.4. The number of benzene rings is 1. The number of rotatable bonds is 5. The molecule has 0 amide bonds. The second-order valence-corrected chi connectivity index (χ2v) is 6.46. The summed E-state index contributed by atoms with van der Waals surface area (Å²) in [4.78, 5) is 12.5. The van der Waals surface area contributed by atoms with E-state index in [0.717, 1.165) is 9.86 Å². The van der Waals surface area contributed by atoms with Gasteiger partial charge in [0.25, 0.3) is 0 Å². The Kier molecular flexibility index (Phi) is 4.10. The number of carbonyl (C=O) groups is 1. The molecule has 3 rings (SSSR count). The number of thiophene rings is 1. The van der Waals surface area contributed by atoms with Crippen LogP contribution in [0, 0.1) is 0 Å². The first-order valence-corrected chi connectivity index (χ1v) is 8.00. The van der Waals surface area contributed by atoms with Crippen LogP contribution in [0.1, 0.15) is 21.0 Å². The predicted molar refractivity (Wildman–Crippen MR) is 85.7 cm³/mol. The Balaban J connectivity index is 1.82. The van der Waals surface area contributed by atoms with Gasteiger partial charge in [0.15, 0.2) is 0 Å². The molecule has 4 nitrogen and oxygen atoms in total. The number of aromatic carboxylic acids is 1. The van der Waals surface area contributed by atoms with Crippen molar-refractivity contribution in [3.05, 3.63) is 56.4 Å². The Bertz CT molecular complexity index is 793. The molecule has 0 fully saturated rings. The minimum Gasteiger partial charge on any atom is -0.475 e. The van der Waals surface area contributed by atoms with Gasteiger partial charge in [0, 0.05) is 38.8 Å². The highest BCUT2D eigenvalue weighted by atomic mass is 79.9. The van der Waals surface area contributed by atoms with Gasteiger partial charge in [-0.25, -0.2) is 4.79 Å². The van der Waals surface area contributed by atoms with Gasteiger partial charge in [-0.05, 0) is 28.1 Å². The van der Waals surface area contributed by atoms with E-state index in [0.29, 0.717) is 24.2 Å². The summed E-state index contributed by atoms with van der Waals surface area (Å²) in [6, 6.07) is 9.41. The van der Waals surface area contributed by atoms with Crippen LogP contribution >= 0.6 is 27.3 Å². The van der Waals surface area contributed by atoms with Gasteiger partial charge < -0.3 is 14.8 Å². The molecule has 0 bridgehead atoms. The zero-order valence-electron chi connectivity index (χ0n) is 10.9. The quantitative estimate of drug-likeness (QED) is 0.709. The second kappa shape index (κ2) is 6.01. The number of hydrogen-bond acceptors (Lipinski definition) is 4. The summed E-state index contributed by atoms with van der Waals surface area (Å²) < 4.78 is 6.48. The summed E-state index contributed by atoms with van der Waals surface area (Å²) in [5.74, 6) is -1.03. The lowest BCUT2D eigenvalue weighted by Gasteiger charge is -2.03. The van der Waals surface area contributed by atoms with Crippen LogP contribution in [0.3, 0.4) is 0 Å². The molecule has 0 radical (unpaired) electrons. The first kappa shape index (κ1) is 14.3. The van der Waals surface area contributed by atoms with Crippen LogP contribution in [0.4, 0.5) is 0 Å². The molecule has 6 heteroatoms. The van der Waals surface area contributed by atoms with Crippen LogP contribution in [0.5, 0.6) is 0 Å². The summed E-state index contributed by atoms with van der Waals surface area (Å²) in [6.45, 7) is 1.14. The van der Waals surface area contributed by atoms with Gasteiger partial charge >= 0.3 is 5.97 Å². The molecule has 21 heavy (non-hydrogen) atoms. The van der Waals surface area contributed by atoms with E-state index in [9.17, 15) is 9.90 Å². The molecule has 108 valence electrons. The lowest BCUT2D eigenvalue weighted by molar-refractivity contribution is 0.0663. The molecule has 1 aromatic carbocycles. The molecule has 0 saturated carbocycles. The smallest absolute Gasteiger partial charge is 0.372 e. The normalized spacial score (nSPS) is 11.1. The van der Waals surface area contributed by atoms with Gasteiger partial charge in [-0.2, -0.15) is 0 Å². The number of carboxylic acids is 1. The summed E-state index contributed by atoms with van der Waals surface area (Å²) in [5.41, 5.74) is 1.29. The van der Waals surface area contributed by atoms with Crippen LogP contribution in [-0.2, 0) is 13.1 Å². The van der Waals surface area contributed by atoms with E-state index in [1.54, 1.807) is 17.4 Å². The fraction of sp³-hybridized carbons (Fsp3) is 0.133. The number of nitrogens with one attached hydrogen (secondary N) is 1. The Hall–Kier alpha value is -1.63. The first-order chi connectivity index (χ1) is 10.1. The number of furan rings is 1. The van der Waals surface area contributed by atoms with E-state index >= 15 is 0 Å². The zero-order chi connectivity index (χ0) is 14.8. The average Bonchev–Trinajstić information content (AvgIpc) is 3.03. The van der Waals surface area contributed by atoms with Crippen LogP contribution in [-0.4, -0.2) is 11.1 Å². The van der Waals surface area contributed by atoms with Gasteiger partial charge in [0.1, 0.15) is 5.58 Å². The van der Waals surface area contributed by atoms with Crippen molar-refractivity contribution in [1.29, 1.82) is 0 Å². The minimum atomic E-state index is -1.04. The van der Waals surface area contributed by atoms with E-state index in [4.69, 9.17) is 4.42 Å². The van der Waals surface area contributed by atoms with Crippen molar-refractivity contribution in [3.8, 4) is 0 Å². The highest BCUT2D eigenvalue weighted by molar-refractivity contribution is 9.10. The van der Waals surface area contributed by atoms with Crippen molar-refractivity contribution in [2.24, 2.45) is 0 Å². The van der Waals surface area contributed by atoms with Crippen molar-refractivity contribution in [3.63, 3.8) is 0 Å². The van der Waals surface area contributed by atoms with E-state index in [1.807, 2.05) is 29.6 Å². The predicted octanol–water partition coefficient (Wildman–Crippen LogP) is 4.24. The van der Waals surface area contributed by atoms with Gasteiger partial charge in [0.05, 0.1) is 0 Å².